The predicted octanol–water partition coefficient (Wildman–Crippen LogP) is 2.57. The molecule has 17 heavy (non-hydrogen) atoms. The predicted molar refractivity (Wildman–Crippen MR) is 68.4 cm³/mol. The first-order valence-corrected chi connectivity index (χ1v) is 6.45. The van der Waals surface area contributed by atoms with E-state index < -0.39 is 0 Å². The maximum Gasteiger partial charge on any atom is 0.120 e. The SMILES string of the molecule is CCC1(CNCc2cc(C#N)n(C)c2)CCC1. The van der Waals surface area contributed by atoms with Gasteiger partial charge in [0.2, 0.25) is 0 Å². The standard InChI is InChI=1S/C14H21N3/c1-3-14(5-4-6-14)11-16-9-12-7-13(8-15)17(2)10-12/h7,10,16H,3-6,9,11H2,1-2H3. The van der Waals surface area contributed by atoms with Gasteiger partial charge in [0, 0.05) is 26.3 Å². The Hall–Kier alpha value is -1.27. The highest BCUT2D eigenvalue weighted by Gasteiger charge is 2.34. The molecular weight excluding hydrogens is 210 g/mol. The zero-order valence-electron chi connectivity index (χ0n) is 10.8. The highest BCUT2D eigenvalue weighted by Crippen LogP contribution is 2.43. The molecule has 3 heteroatoms. The van der Waals surface area contributed by atoms with E-state index in [1.54, 1.807) is 0 Å². The molecular formula is C14H21N3. The van der Waals surface area contributed by atoms with Crippen LogP contribution in [0.4, 0.5) is 0 Å². The first-order chi connectivity index (χ1) is 8.19. The van der Waals surface area contributed by atoms with Crippen LogP contribution in [0, 0.1) is 16.7 Å². The second-order valence-electron chi connectivity index (χ2n) is 5.27. The Morgan fingerprint density at radius 3 is 2.76 bits per heavy atom. The third-order valence-corrected chi connectivity index (χ3v) is 4.17. The molecule has 0 unspecified atom stereocenters. The lowest BCUT2D eigenvalue weighted by atomic mass is 9.67. The number of rotatable bonds is 5. The van der Waals surface area contributed by atoms with Crippen LogP contribution in [0.3, 0.4) is 0 Å². The molecule has 92 valence electrons. The quantitative estimate of drug-likeness (QED) is 0.846. The van der Waals surface area contributed by atoms with E-state index in [1.807, 2.05) is 23.9 Å². The summed E-state index contributed by atoms with van der Waals surface area (Å²) in [7, 11) is 1.92. The molecule has 1 aromatic rings. The maximum atomic E-state index is 8.88. The summed E-state index contributed by atoms with van der Waals surface area (Å²) < 4.78 is 1.88. The van der Waals surface area contributed by atoms with Gasteiger partial charge in [0.15, 0.2) is 0 Å². The molecule has 1 aliphatic rings. The van der Waals surface area contributed by atoms with Crippen molar-refractivity contribution in [3.05, 3.63) is 23.5 Å². The Labute approximate surface area is 103 Å². The highest BCUT2D eigenvalue weighted by molar-refractivity contribution is 5.28. The number of nitrogens with zero attached hydrogens (tertiary/aromatic N) is 2. The fraction of sp³-hybridized carbons (Fsp3) is 0.643. The first kappa shape index (κ1) is 12.2. The van der Waals surface area contributed by atoms with Crippen molar-refractivity contribution in [1.82, 2.24) is 9.88 Å². The summed E-state index contributed by atoms with van der Waals surface area (Å²) in [5.41, 5.74) is 2.50. The van der Waals surface area contributed by atoms with E-state index in [0.717, 1.165) is 18.8 Å². The molecule has 1 fully saturated rings. The molecule has 3 nitrogen and oxygen atoms in total. The third kappa shape index (κ3) is 2.53. The first-order valence-electron chi connectivity index (χ1n) is 6.45. The number of aryl methyl sites for hydroxylation is 1. The third-order valence-electron chi connectivity index (χ3n) is 4.17. The van der Waals surface area contributed by atoms with Crippen molar-refractivity contribution in [2.24, 2.45) is 12.5 Å². The molecule has 0 atom stereocenters. The average Bonchev–Trinajstić information content (AvgIpc) is 2.63. The molecule has 0 saturated heterocycles. The van der Waals surface area contributed by atoms with Gasteiger partial charge >= 0.3 is 0 Å². The average molecular weight is 231 g/mol. The fourth-order valence-electron chi connectivity index (χ4n) is 2.64. The number of hydrogen-bond donors (Lipinski definition) is 1. The number of nitriles is 1. The van der Waals surface area contributed by atoms with Gasteiger partial charge in [-0.3, -0.25) is 0 Å². The van der Waals surface area contributed by atoms with E-state index in [2.05, 4.69) is 18.3 Å². The van der Waals surface area contributed by atoms with Crippen LogP contribution in [0.2, 0.25) is 0 Å². The van der Waals surface area contributed by atoms with Gasteiger partial charge in [-0.05, 0) is 36.3 Å². The van der Waals surface area contributed by atoms with E-state index in [4.69, 9.17) is 5.26 Å². The Kier molecular flexibility index (Phi) is 3.54. The molecule has 1 aliphatic carbocycles. The molecule has 1 N–H and O–H groups in total. The summed E-state index contributed by atoms with van der Waals surface area (Å²) in [6, 6.07) is 4.16. The van der Waals surface area contributed by atoms with Gasteiger partial charge in [0.05, 0.1) is 0 Å². The number of nitrogens with one attached hydrogen (secondary N) is 1. The topological polar surface area (TPSA) is 40.8 Å². The summed E-state index contributed by atoms with van der Waals surface area (Å²) in [5.74, 6) is 0. The molecule has 0 aliphatic heterocycles. The molecule has 0 bridgehead atoms. The maximum absolute atomic E-state index is 8.88. The normalized spacial score (nSPS) is 17.5. The molecule has 1 heterocycles. The van der Waals surface area contributed by atoms with E-state index >= 15 is 0 Å². The lowest BCUT2D eigenvalue weighted by Gasteiger charge is -2.41. The van der Waals surface area contributed by atoms with Crippen LogP contribution in [0.25, 0.3) is 0 Å². The summed E-state index contributed by atoms with van der Waals surface area (Å²) >= 11 is 0. The minimum atomic E-state index is 0.562. The van der Waals surface area contributed by atoms with Gasteiger partial charge in [-0.15, -0.1) is 0 Å². The molecule has 0 aromatic carbocycles. The van der Waals surface area contributed by atoms with Gasteiger partial charge in [0.25, 0.3) is 0 Å². The molecule has 1 saturated carbocycles. The zero-order chi connectivity index (χ0) is 12.3. The zero-order valence-corrected chi connectivity index (χ0v) is 10.8. The smallest absolute Gasteiger partial charge is 0.120 e. The minimum Gasteiger partial charge on any atom is -0.342 e. The van der Waals surface area contributed by atoms with Crippen LogP contribution in [-0.2, 0) is 13.6 Å². The van der Waals surface area contributed by atoms with Crippen molar-refractivity contribution in [2.75, 3.05) is 6.54 Å². The van der Waals surface area contributed by atoms with E-state index in [1.165, 1.54) is 31.2 Å². The fourth-order valence-corrected chi connectivity index (χ4v) is 2.64. The summed E-state index contributed by atoms with van der Waals surface area (Å²) in [4.78, 5) is 0. The van der Waals surface area contributed by atoms with Crippen LogP contribution in [0.1, 0.15) is 43.9 Å². The van der Waals surface area contributed by atoms with E-state index in [-0.39, 0.29) is 0 Å². The molecule has 1 aromatic heterocycles. The van der Waals surface area contributed by atoms with Gasteiger partial charge in [-0.1, -0.05) is 13.3 Å². The highest BCUT2D eigenvalue weighted by atomic mass is 14.9. The van der Waals surface area contributed by atoms with Crippen LogP contribution < -0.4 is 5.32 Å². The van der Waals surface area contributed by atoms with Crippen molar-refractivity contribution >= 4 is 0 Å². The molecule has 0 spiro atoms. The van der Waals surface area contributed by atoms with E-state index in [0.29, 0.717) is 5.41 Å². The lowest BCUT2D eigenvalue weighted by molar-refractivity contribution is 0.124. The Bertz CT molecular complexity index is 416. The van der Waals surface area contributed by atoms with Gasteiger partial charge in [0.1, 0.15) is 11.8 Å². The van der Waals surface area contributed by atoms with Crippen LogP contribution in [0.15, 0.2) is 12.3 Å². The van der Waals surface area contributed by atoms with Crippen molar-refractivity contribution in [1.29, 1.82) is 5.26 Å². The summed E-state index contributed by atoms with van der Waals surface area (Å²) in [5, 5.41) is 12.4. The monoisotopic (exact) mass is 231 g/mol. The van der Waals surface area contributed by atoms with Gasteiger partial charge in [-0.25, -0.2) is 0 Å². The second kappa shape index (κ2) is 4.93. The van der Waals surface area contributed by atoms with Gasteiger partial charge < -0.3 is 9.88 Å². The number of aromatic nitrogens is 1. The lowest BCUT2D eigenvalue weighted by Crippen LogP contribution is -2.39. The van der Waals surface area contributed by atoms with E-state index in [9.17, 15) is 0 Å². The van der Waals surface area contributed by atoms with Crippen LogP contribution in [0.5, 0.6) is 0 Å². The van der Waals surface area contributed by atoms with Crippen molar-refractivity contribution in [3.63, 3.8) is 0 Å². The molecule has 0 amide bonds. The van der Waals surface area contributed by atoms with Crippen molar-refractivity contribution < 1.29 is 0 Å². The Balaban J connectivity index is 1.84. The molecule has 0 radical (unpaired) electrons. The Morgan fingerprint density at radius 1 is 1.53 bits per heavy atom. The van der Waals surface area contributed by atoms with Crippen LogP contribution in [-0.4, -0.2) is 11.1 Å². The summed E-state index contributed by atoms with van der Waals surface area (Å²) in [6.45, 7) is 4.27. The van der Waals surface area contributed by atoms with Crippen molar-refractivity contribution in [2.45, 2.75) is 39.2 Å². The Morgan fingerprint density at radius 2 is 2.29 bits per heavy atom. The minimum absolute atomic E-state index is 0.562. The largest absolute Gasteiger partial charge is 0.342 e. The number of hydrogen-bond acceptors (Lipinski definition) is 2. The summed E-state index contributed by atoms with van der Waals surface area (Å²) in [6.07, 6.45) is 7.44. The van der Waals surface area contributed by atoms with Crippen molar-refractivity contribution in [3.8, 4) is 6.07 Å². The van der Waals surface area contributed by atoms with Crippen LogP contribution >= 0.6 is 0 Å². The molecule has 2 rings (SSSR count). The van der Waals surface area contributed by atoms with Gasteiger partial charge in [-0.2, -0.15) is 5.26 Å². The second-order valence-corrected chi connectivity index (χ2v) is 5.27.